The van der Waals surface area contributed by atoms with Crippen LogP contribution in [-0.4, -0.2) is 22.6 Å². The first-order valence-corrected chi connectivity index (χ1v) is 4.77. The first kappa shape index (κ1) is 10.7. The van der Waals surface area contributed by atoms with Gasteiger partial charge in [0.15, 0.2) is 0 Å². The van der Waals surface area contributed by atoms with Crippen LogP contribution in [0.15, 0.2) is 17.2 Å². The number of aromatic amines is 1. The molecule has 5 heteroatoms. The number of nitrogens with zero attached hydrogens (tertiary/aromatic N) is 1. The molecule has 0 saturated carbocycles. The molecule has 0 aliphatic carbocycles. The predicted molar refractivity (Wildman–Crippen MR) is 56.2 cm³/mol. The van der Waals surface area contributed by atoms with Crippen molar-refractivity contribution in [3.8, 4) is 0 Å². The van der Waals surface area contributed by atoms with Crippen molar-refractivity contribution in [1.82, 2.24) is 9.97 Å². The van der Waals surface area contributed by atoms with E-state index in [1.165, 1.54) is 12.4 Å². The summed E-state index contributed by atoms with van der Waals surface area (Å²) >= 11 is 0. The van der Waals surface area contributed by atoms with Crippen molar-refractivity contribution in [2.75, 3.05) is 11.9 Å². The molecule has 0 fully saturated rings. The fraction of sp³-hybridized carbons (Fsp3) is 0.556. The van der Waals surface area contributed by atoms with E-state index in [2.05, 4.69) is 22.2 Å². The molecule has 0 aliphatic heterocycles. The number of aromatic nitrogens is 2. The molecule has 1 unspecified atom stereocenters. The zero-order chi connectivity index (χ0) is 10.4. The molecule has 1 atom stereocenters. The number of hydrogen-bond donors (Lipinski definition) is 3. The third-order valence-corrected chi connectivity index (χ3v) is 1.95. The smallest absolute Gasteiger partial charge is 0.252 e. The Bertz CT molecular complexity index is 323. The lowest BCUT2D eigenvalue weighted by Gasteiger charge is -2.15. The number of nitrogens with two attached hydrogens (primary N) is 1. The quantitative estimate of drug-likeness (QED) is 0.632. The van der Waals surface area contributed by atoms with Crippen LogP contribution in [0.5, 0.6) is 0 Å². The van der Waals surface area contributed by atoms with Gasteiger partial charge in [-0.2, -0.15) is 0 Å². The van der Waals surface area contributed by atoms with Crippen molar-refractivity contribution < 1.29 is 0 Å². The Morgan fingerprint density at radius 3 is 3.07 bits per heavy atom. The van der Waals surface area contributed by atoms with E-state index in [0.717, 1.165) is 12.8 Å². The molecule has 0 aliphatic rings. The summed E-state index contributed by atoms with van der Waals surface area (Å²) in [6.45, 7) is 2.64. The van der Waals surface area contributed by atoms with Gasteiger partial charge in [-0.05, 0) is 6.42 Å². The molecule has 78 valence electrons. The van der Waals surface area contributed by atoms with Crippen LogP contribution in [-0.2, 0) is 0 Å². The number of nitrogens with one attached hydrogen (secondary N) is 2. The Labute approximate surface area is 82.7 Å². The highest BCUT2D eigenvalue weighted by Crippen LogP contribution is 2.03. The van der Waals surface area contributed by atoms with Crippen molar-refractivity contribution in [1.29, 1.82) is 0 Å². The Hall–Kier alpha value is -1.36. The van der Waals surface area contributed by atoms with Gasteiger partial charge in [0.1, 0.15) is 5.82 Å². The normalized spacial score (nSPS) is 12.4. The standard InChI is InChI=1S/C9H16N4O/c1-2-3-7(5-10)13-8-4-9(14)12-6-11-8/h4,6-7H,2-3,5,10H2,1H3,(H2,11,12,13,14). The zero-order valence-corrected chi connectivity index (χ0v) is 8.29. The summed E-state index contributed by atoms with van der Waals surface area (Å²) in [5, 5.41) is 3.11. The third-order valence-electron chi connectivity index (χ3n) is 1.95. The van der Waals surface area contributed by atoms with Gasteiger partial charge in [-0.3, -0.25) is 4.79 Å². The Morgan fingerprint density at radius 1 is 1.71 bits per heavy atom. The average Bonchev–Trinajstić information content (AvgIpc) is 2.17. The molecule has 1 heterocycles. The van der Waals surface area contributed by atoms with Crippen LogP contribution in [0.4, 0.5) is 5.82 Å². The highest BCUT2D eigenvalue weighted by molar-refractivity contribution is 5.33. The maximum atomic E-state index is 11.0. The number of anilines is 1. The highest BCUT2D eigenvalue weighted by atomic mass is 16.1. The average molecular weight is 196 g/mol. The van der Waals surface area contributed by atoms with Crippen molar-refractivity contribution in [2.45, 2.75) is 25.8 Å². The van der Waals surface area contributed by atoms with Crippen LogP contribution in [0.2, 0.25) is 0 Å². The Balaban J connectivity index is 2.62. The monoisotopic (exact) mass is 196 g/mol. The highest BCUT2D eigenvalue weighted by Gasteiger charge is 2.05. The maximum Gasteiger partial charge on any atom is 0.252 e. The molecule has 0 radical (unpaired) electrons. The van der Waals surface area contributed by atoms with Gasteiger partial charge in [0.25, 0.3) is 5.56 Å². The lowest BCUT2D eigenvalue weighted by Crippen LogP contribution is -2.29. The minimum absolute atomic E-state index is 0.158. The Kier molecular flexibility index (Phi) is 4.12. The lowest BCUT2D eigenvalue weighted by molar-refractivity contribution is 0.645. The fourth-order valence-corrected chi connectivity index (χ4v) is 1.25. The summed E-state index contributed by atoms with van der Waals surface area (Å²) in [4.78, 5) is 17.4. The second-order valence-electron chi connectivity index (χ2n) is 3.16. The first-order chi connectivity index (χ1) is 6.76. The predicted octanol–water partition coefficient (Wildman–Crippen LogP) is 0.309. The number of hydrogen-bond acceptors (Lipinski definition) is 4. The van der Waals surface area contributed by atoms with E-state index in [1.54, 1.807) is 0 Å². The van der Waals surface area contributed by atoms with Gasteiger partial charge in [0.2, 0.25) is 0 Å². The zero-order valence-electron chi connectivity index (χ0n) is 8.29. The van der Waals surface area contributed by atoms with Gasteiger partial charge in [0.05, 0.1) is 6.33 Å². The lowest BCUT2D eigenvalue weighted by atomic mass is 10.2. The van der Waals surface area contributed by atoms with Gasteiger partial charge in [-0.25, -0.2) is 4.98 Å². The van der Waals surface area contributed by atoms with Gasteiger partial charge >= 0.3 is 0 Å². The van der Waals surface area contributed by atoms with E-state index in [0.29, 0.717) is 12.4 Å². The van der Waals surface area contributed by atoms with Crippen LogP contribution in [0.1, 0.15) is 19.8 Å². The minimum atomic E-state index is -0.158. The Morgan fingerprint density at radius 2 is 2.50 bits per heavy atom. The molecule has 1 rings (SSSR count). The summed E-state index contributed by atoms with van der Waals surface area (Å²) < 4.78 is 0. The van der Waals surface area contributed by atoms with E-state index < -0.39 is 0 Å². The summed E-state index contributed by atoms with van der Waals surface area (Å²) in [5.74, 6) is 0.581. The number of H-pyrrole nitrogens is 1. The van der Waals surface area contributed by atoms with Crippen molar-refractivity contribution in [2.24, 2.45) is 5.73 Å². The molecule has 0 bridgehead atoms. The molecule has 1 aromatic heterocycles. The fourth-order valence-electron chi connectivity index (χ4n) is 1.25. The molecule has 0 aromatic carbocycles. The molecular weight excluding hydrogens is 180 g/mol. The molecule has 1 aromatic rings. The second kappa shape index (κ2) is 5.39. The maximum absolute atomic E-state index is 11.0. The molecular formula is C9H16N4O. The summed E-state index contributed by atoms with van der Waals surface area (Å²) in [6, 6.07) is 1.62. The largest absolute Gasteiger partial charge is 0.366 e. The summed E-state index contributed by atoms with van der Waals surface area (Å²) in [5.41, 5.74) is 5.41. The summed E-state index contributed by atoms with van der Waals surface area (Å²) in [6.07, 6.45) is 3.41. The van der Waals surface area contributed by atoms with Crippen molar-refractivity contribution >= 4 is 5.82 Å². The second-order valence-corrected chi connectivity index (χ2v) is 3.16. The van der Waals surface area contributed by atoms with E-state index >= 15 is 0 Å². The molecule has 4 N–H and O–H groups in total. The van der Waals surface area contributed by atoms with Gasteiger partial charge < -0.3 is 16.0 Å². The van der Waals surface area contributed by atoms with E-state index in [9.17, 15) is 4.79 Å². The van der Waals surface area contributed by atoms with Crippen LogP contribution in [0, 0.1) is 0 Å². The summed E-state index contributed by atoms with van der Waals surface area (Å²) in [7, 11) is 0. The van der Waals surface area contributed by atoms with Crippen LogP contribution in [0.3, 0.4) is 0 Å². The van der Waals surface area contributed by atoms with Crippen LogP contribution >= 0.6 is 0 Å². The van der Waals surface area contributed by atoms with Crippen LogP contribution in [0.25, 0.3) is 0 Å². The van der Waals surface area contributed by atoms with Gasteiger partial charge in [0, 0.05) is 18.7 Å². The minimum Gasteiger partial charge on any atom is -0.366 e. The molecule has 0 spiro atoms. The van der Waals surface area contributed by atoms with Crippen molar-refractivity contribution in [3.63, 3.8) is 0 Å². The first-order valence-electron chi connectivity index (χ1n) is 4.77. The topological polar surface area (TPSA) is 83.8 Å². The van der Waals surface area contributed by atoms with E-state index in [-0.39, 0.29) is 11.6 Å². The number of rotatable bonds is 5. The SMILES string of the molecule is CCCC(CN)Nc1cc(=O)[nH]cn1. The molecule has 0 saturated heterocycles. The van der Waals surface area contributed by atoms with Gasteiger partial charge in [-0.15, -0.1) is 0 Å². The third kappa shape index (κ3) is 3.18. The van der Waals surface area contributed by atoms with E-state index in [4.69, 9.17) is 5.73 Å². The molecule has 0 amide bonds. The van der Waals surface area contributed by atoms with Gasteiger partial charge in [-0.1, -0.05) is 13.3 Å². The van der Waals surface area contributed by atoms with E-state index in [1.807, 2.05) is 0 Å². The molecule has 14 heavy (non-hydrogen) atoms. The molecule has 5 nitrogen and oxygen atoms in total. The van der Waals surface area contributed by atoms with Crippen molar-refractivity contribution in [3.05, 3.63) is 22.7 Å². The van der Waals surface area contributed by atoms with Crippen LogP contribution < -0.4 is 16.6 Å².